The normalized spacial score (nSPS) is 16.7. The highest BCUT2D eigenvalue weighted by Gasteiger charge is 2.43. The maximum Gasteiger partial charge on any atom is 0.407 e. The van der Waals surface area contributed by atoms with Gasteiger partial charge in [-0.25, -0.2) is 4.79 Å². The van der Waals surface area contributed by atoms with Gasteiger partial charge in [0.15, 0.2) is 0 Å². The topological polar surface area (TPSA) is 75.6 Å². The Morgan fingerprint density at radius 1 is 1.04 bits per heavy atom. The molecule has 0 unspecified atom stereocenters. The van der Waals surface area contributed by atoms with Crippen LogP contribution in [0.15, 0.2) is 48.5 Å². The van der Waals surface area contributed by atoms with Gasteiger partial charge >= 0.3 is 12.1 Å². The lowest BCUT2D eigenvalue weighted by atomic mass is 9.67. The number of alkyl carbamates (subject to hydrolysis) is 1. The molecular formula is C22H23NO4. The Bertz CT molecular complexity index is 827. The van der Waals surface area contributed by atoms with E-state index in [-0.39, 0.29) is 12.5 Å². The number of aliphatic carboxylic acids is 1. The molecule has 5 nitrogen and oxygen atoms in total. The Balaban J connectivity index is 1.35. The number of hydrogen-bond donors (Lipinski definition) is 2. The molecule has 2 aromatic carbocycles. The summed E-state index contributed by atoms with van der Waals surface area (Å²) >= 11 is 0. The zero-order chi connectivity index (χ0) is 18.9. The minimum absolute atomic E-state index is 0.0279. The average Bonchev–Trinajstić information content (AvgIpc) is 2.96. The van der Waals surface area contributed by atoms with Crippen LogP contribution in [-0.4, -0.2) is 30.3 Å². The van der Waals surface area contributed by atoms with Gasteiger partial charge in [-0.15, -0.1) is 0 Å². The first-order valence-corrected chi connectivity index (χ1v) is 9.43. The molecule has 5 heteroatoms. The molecular weight excluding hydrogens is 342 g/mol. The van der Waals surface area contributed by atoms with Crippen LogP contribution in [0.2, 0.25) is 0 Å². The monoisotopic (exact) mass is 365 g/mol. The fraction of sp³-hybridized carbons (Fsp3) is 0.364. The van der Waals surface area contributed by atoms with Crippen molar-refractivity contribution in [1.82, 2.24) is 5.32 Å². The van der Waals surface area contributed by atoms with Gasteiger partial charge in [-0.2, -0.15) is 0 Å². The second-order valence-corrected chi connectivity index (χ2v) is 7.44. The van der Waals surface area contributed by atoms with Gasteiger partial charge in [-0.05, 0) is 41.5 Å². The Labute approximate surface area is 158 Å². The van der Waals surface area contributed by atoms with Crippen molar-refractivity contribution >= 4 is 12.1 Å². The van der Waals surface area contributed by atoms with Crippen LogP contribution in [0.1, 0.15) is 42.7 Å². The van der Waals surface area contributed by atoms with E-state index < -0.39 is 17.5 Å². The standard InChI is InChI=1S/C22H23NO4/c24-20(25)22(10-5-11-22)12-13-23-21(26)27-14-19-17-8-3-1-6-15(17)16-7-2-4-9-18(16)19/h1-4,6-9,19H,5,10-14H2,(H,23,26)(H,24,25). The van der Waals surface area contributed by atoms with E-state index in [9.17, 15) is 14.7 Å². The molecule has 1 saturated carbocycles. The van der Waals surface area contributed by atoms with Gasteiger partial charge in [0.05, 0.1) is 5.41 Å². The number of benzene rings is 2. The molecule has 140 valence electrons. The summed E-state index contributed by atoms with van der Waals surface area (Å²) in [4.78, 5) is 23.5. The molecule has 0 aromatic heterocycles. The van der Waals surface area contributed by atoms with E-state index >= 15 is 0 Å². The maximum atomic E-state index is 12.1. The molecule has 0 spiro atoms. The van der Waals surface area contributed by atoms with Crippen molar-refractivity contribution in [3.8, 4) is 11.1 Å². The molecule has 0 atom stereocenters. The first-order valence-electron chi connectivity index (χ1n) is 9.43. The van der Waals surface area contributed by atoms with Crippen LogP contribution in [0.25, 0.3) is 11.1 Å². The summed E-state index contributed by atoms with van der Waals surface area (Å²) in [5, 5.41) is 12.0. The number of carbonyl (C=O) groups excluding carboxylic acids is 1. The summed E-state index contributed by atoms with van der Waals surface area (Å²) in [6, 6.07) is 16.4. The minimum atomic E-state index is -0.761. The lowest BCUT2D eigenvalue weighted by molar-refractivity contribution is -0.155. The Morgan fingerprint density at radius 3 is 2.15 bits per heavy atom. The van der Waals surface area contributed by atoms with Gasteiger partial charge in [0.2, 0.25) is 0 Å². The zero-order valence-corrected chi connectivity index (χ0v) is 15.1. The van der Waals surface area contributed by atoms with Crippen molar-refractivity contribution in [2.75, 3.05) is 13.2 Å². The molecule has 4 rings (SSSR count). The number of fused-ring (bicyclic) bond motifs is 3. The summed E-state index contributed by atoms with van der Waals surface area (Å²) in [5.74, 6) is -0.733. The van der Waals surface area contributed by atoms with Gasteiger partial charge in [0.1, 0.15) is 6.61 Å². The van der Waals surface area contributed by atoms with E-state index in [0.717, 1.165) is 6.42 Å². The number of nitrogens with one attached hydrogen (secondary N) is 1. The zero-order valence-electron chi connectivity index (χ0n) is 15.1. The van der Waals surface area contributed by atoms with Crippen molar-refractivity contribution in [3.05, 3.63) is 59.7 Å². The molecule has 2 aliphatic carbocycles. The molecule has 1 amide bonds. The van der Waals surface area contributed by atoms with Gasteiger partial charge < -0.3 is 15.2 Å². The summed E-state index contributed by atoms with van der Waals surface area (Å²) in [5.41, 5.74) is 4.07. The molecule has 0 radical (unpaired) electrons. The summed E-state index contributed by atoms with van der Waals surface area (Å²) in [6.45, 7) is 0.590. The fourth-order valence-corrected chi connectivity index (χ4v) is 4.23. The van der Waals surface area contributed by atoms with E-state index in [2.05, 4.69) is 29.6 Å². The fourth-order valence-electron chi connectivity index (χ4n) is 4.23. The number of amides is 1. The quantitative estimate of drug-likeness (QED) is 0.806. The van der Waals surface area contributed by atoms with Crippen LogP contribution in [0.4, 0.5) is 4.79 Å². The molecule has 0 bridgehead atoms. The lowest BCUT2D eigenvalue weighted by Gasteiger charge is -2.37. The molecule has 2 aromatic rings. The highest BCUT2D eigenvalue weighted by Crippen LogP contribution is 2.45. The molecule has 27 heavy (non-hydrogen) atoms. The van der Waals surface area contributed by atoms with Crippen molar-refractivity contribution in [2.45, 2.75) is 31.6 Å². The van der Waals surface area contributed by atoms with Gasteiger partial charge in [-0.3, -0.25) is 4.79 Å². The number of carbonyl (C=O) groups is 2. The second-order valence-electron chi connectivity index (χ2n) is 7.44. The van der Waals surface area contributed by atoms with E-state index in [1.165, 1.54) is 22.3 Å². The van der Waals surface area contributed by atoms with Crippen molar-refractivity contribution < 1.29 is 19.4 Å². The van der Waals surface area contributed by atoms with Crippen LogP contribution < -0.4 is 5.32 Å². The van der Waals surface area contributed by atoms with Crippen LogP contribution in [0.5, 0.6) is 0 Å². The highest BCUT2D eigenvalue weighted by molar-refractivity contribution is 5.79. The largest absolute Gasteiger partial charge is 0.481 e. The van der Waals surface area contributed by atoms with E-state index in [1.54, 1.807) is 0 Å². The average molecular weight is 365 g/mol. The third-order valence-electron chi connectivity index (χ3n) is 5.98. The third-order valence-corrected chi connectivity index (χ3v) is 5.98. The number of carboxylic acid groups (broad SMARTS) is 1. The number of carboxylic acids is 1. The van der Waals surface area contributed by atoms with E-state index in [0.29, 0.717) is 25.8 Å². The van der Waals surface area contributed by atoms with Crippen LogP contribution in [0, 0.1) is 5.41 Å². The first-order chi connectivity index (χ1) is 13.1. The highest BCUT2D eigenvalue weighted by atomic mass is 16.5. The van der Waals surface area contributed by atoms with Crippen molar-refractivity contribution in [2.24, 2.45) is 5.41 Å². The molecule has 2 aliphatic rings. The second kappa shape index (κ2) is 7.06. The summed E-state index contributed by atoms with van der Waals surface area (Å²) < 4.78 is 5.47. The lowest BCUT2D eigenvalue weighted by Crippen LogP contribution is -2.41. The summed E-state index contributed by atoms with van der Waals surface area (Å²) in [6.07, 6.45) is 2.28. The van der Waals surface area contributed by atoms with Crippen LogP contribution in [0.3, 0.4) is 0 Å². The molecule has 0 heterocycles. The Hall–Kier alpha value is -2.82. The van der Waals surface area contributed by atoms with Gasteiger partial charge in [0.25, 0.3) is 0 Å². The van der Waals surface area contributed by atoms with E-state index in [1.807, 2.05) is 24.3 Å². The van der Waals surface area contributed by atoms with Crippen molar-refractivity contribution in [3.63, 3.8) is 0 Å². The molecule has 1 fully saturated rings. The predicted molar refractivity (Wildman–Crippen MR) is 102 cm³/mol. The Morgan fingerprint density at radius 2 is 1.63 bits per heavy atom. The van der Waals surface area contributed by atoms with Crippen molar-refractivity contribution in [1.29, 1.82) is 0 Å². The number of rotatable bonds is 6. The SMILES string of the molecule is O=C(NCCC1(C(=O)O)CCC1)OCC1c2ccccc2-c2ccccc21. The van der Waals surface area contributed by atoms with Gasteiger partial charge in [0, 0.05) is 12.5 Å². The Kier molecular flexibility index (Phi) is 4.60. The molecule has 0 aliphatic heterocycles. The predicted octanol–water partition coefficient (Wildman–Crippen LogP) is 4.17. The van der Waals surface area contributed by atoms with Crippen LogP contribution >= 0.6 is 0 Å². The third kappa shape index (κ3) is 3.18. The maximum absolute atomic E-state index is 12.1. The first kappa shape index (κ1) is 17.6. The summed E-state index contributed by atoms with van der Waals surface area (Å²) in [7, 11) is 0. The smallest absolute Gasteiger partial charge is 0.407 e. The van der Waals surface area contributed by atoms with Crippen LogP contribution in [-0.2, 0) is 9.53 Å². The van der Waals surface area contributed by atoms with Gasteiger partial charge in [-0.1, -0.05) is 55.0 Å². The number of hydrogen-bond acceptors (Lipinski definition) is 3. The molecule has 2 N–H and O–H groups in total. The minimum Gasteiger partial charge on any atom is -0.481 e. The van der Waals surface area contributed by atoms with E-state index in [4.69, 9.17) is 4.74 Å². The molecule has 0 saturated heterocycles. The number of ether oxygens (including phenoxy) is 1.